The second kappa shape index (κ2) is 3.63. The number of rotatable bonds is 3. The van der Waals surface area contributed by atoms with Crippen LogP contribution in [0.3, 0.4) is 0 Å². The molecule has 0 amide bonds. The Labute approximate surface area is 97.5 Å². The van der Waals surface area contributed by atoms with E-state index in [4.69, 9.17) is 11.6 Å². The molecule has 2 aromatic heterocycles. The summed E-state index contributed by atoms with van der Waals surface area (Å²) in [6.07, 6.45) is 6.00. The van der Waals surface area contributed by atoms with E-state index < -0.39 is 0 Å². The van der Waals surface area contributed by atoms with Crippen LogP contribution < -0.4 is 5.69 Å². The molecule has 0 bridgehead atoms. The Kier molecular flexibility index (Phi) is 2.24. The number of imidazole rings is 1. The molecular weight excluding hydrogens is 226 g/mol. The fourth-order valence-corrected chi connectivity index (χ4v) is 2.06. The number of halogens is 1. The first-order valence-electron chi connectivity index (χ1n) is 5.44. The number of hydrogen-bond acceptors (Lipinski definition) is 2. The number of hydrogen-bond donors (Lipinski definition) is 0. The molecule has 0 spiro atoms. The van der Waals surface area contributed by atoms with E-state index >= 15 is 0 Å². The van der Waals surface area contributed by atoms with Gasteiger partial charge < -0.3 is 0 Å². The summed E-state index contributed by atoms with van der Waals surface area (Å²) in [5, 5.41) is 0. The minimum absolute atomic E-state index is 0.0578. The third kappa shape index (κ3) is 1.53. The zero-order valence-electron chi connectivity index (χ0n) is 8.77. The van der Waals surface area contributed by atoms with Gasteiger partial charge in [-0.15, -0.1) is 11.6 Å². The van der Waals surface area contributed by atoms with Crippen LogP contribution in [0.1, 0.15) is 24.5 Å². The Hall–Kier alpha value is -1.29. The SMILES string of the molecule is O=c1n(CCCl)ccc2nc(C3CC3)cn12. The molecule has 1 saturated carbocycles. The normalized spacial score (nSPS) is 15.8. The van der Waals surface area contributed by atoms with Gasteiger partial charge in [0.15, 0.2) is 0 Å². The molecule has 0 aliphatic heterocycles. The predicted octanol–water partition coefficient (Wildman–Crippen LogP) is 1.61. The van der Waals surface area contributed by atoms with Crippen molar-refractivity contribution in [1.29, 1.82) is 0 Å². The van der Waals surface area contributed by atoms with E-state index in [0.29, 0.717) is 18.3 Å². The van der Waals surface area contributed by atoms with Gasteiger partial charge in [0.1, 0.15) is 5.65 Å². The lowest BCUT2D eigenvalue weighted by atomic mass is 10.3. The number of alkyl halides is 1. The monoisotopic (exact) mass is 237 g/mol. The van der Waals surface area contributed by atoms with E-state index in [-0.39, 0.29) is 5.69 Å². The molecule has 4 nitrogen and oxygen atoms in total. The van der Waals surface area contributed by atoms with Crippen molar-refractivity contribution >= 4 is 17.2 Å². The molecule has 0 radical (unpaired) electrons. The maximum Gasteiger partial charge on any atom is 0.333 e. The average molecular weight is 238 g/mol. The van der Waals surface area contributed by atoms with Crippen molar-refractivity contribution < 1.29 is 0 Å². The number of nitrogens with zero attached hydrogens (tertiary/aromatic N) is 3. The first-order valence-corrected chi connectivity index (χ1v) is 5.97. The minimum atomic E-state index is -0.0578. The van der Waals surface area contributed by atoms with Gasteiger partial charge in [-0.1, -0.05) is 0 Å². The highest BCUT2D eigenvalue weighted by Crippen LogP contribution is 2.39. The fourth-order valence-electron chi connectivity index (χ4n) is 1.88. The maximum atomic E-state index is 12.0. The van der Waals surface area contributed by atoms with Gasteiger partial charge in [-0.05, 0) is 18.9 Å². The highest BCUT2D eigenvalue weighted by molar-refractivity contribution is 6.17. The minimum Gasteiger partial charge on any atom is -0.299 e. The van der Waals surface area contributed by atoms with E-state index in [2.05, 4.69) is 4.98 Å². The van der Waals surface area contributed by atoms with Gasteiger partial charge in [0.2, 0.25) is 0 Å². The molecule has 0 saturated heterocycles. The largest absolute Gasteiger partial charge is 0.333 e. The van der Waals surface area contributed by atoms with E-state index in [1.165, 1.54) is 12.8 Å². The van der Waals surface area contributed by atoms with Crippen molar-refractivity contribution in [3.05, 3.63) is 34.6 Å². The maximum absolute atomic E-state index is 12.0. The molecule has 84 valence electrons. The Morgan fingerprint density at radius 1 is 1.50 bits per heavy atom. The highest BCUT2D eigenvalue weighted by Gasteiger charge is 2.26. The smallest absolute Gasteiger partial charge is 0.299 e. The Bertz CT molecular complexity index is 582. The molecule has 2 aromatic rings. The summed E-state index contributed by atoms with van der Waals surface area (Å²) < 4.78 is 3.22. The van der Waals surface area contributed by atoms with Crippen LogP contribution in [-0.4, -0.2) is 19.8 Å². The van der Waals surface area contributed by atoms with Crippen molar-refractivity contribution in [3.63, 3.8) is 0 Å². The Balaban J connectivity index is 2.15. The summed E-state index contributed by atoms with van der Waals surface area (Å²) >= 11 is 5.64. The second-order valence-electron chi connectivity index (χ2n) is 4.15. The topological polar surface area (TPSA) is 39.3 Å². The van der Waals surface area contributed by atoms with E-state index in [1.807, 2.05) is 12.3 Å². The van der Waals surface area contributed by atoms with Crippen molar-refractivity contribution in [2.24, 2.45) is 0 Å². The van der Waals surface area contributed by atoms with Crippen LogP contribution in [0, 0.1) is 0 Å². The van der Waals surface area contributed by atoms with Gasteiger partial charge in [-0.2, -0.15) is 0 Å². The summed E-state index contributed by atoms with van der Waals surface area (Å²) in [6, 6.07) is 1.86. The lowest BCUT2D eigenvalue weighted by molar-refractivity contribution is 0.692. The third-order valence-corrected chi connectivity index (χ3v) is 3.10. The molecule has 0 aromatic carbocycles. The molecule has 3 rings (SSSR count). The summed E-state index contributed by atoms with van der Waals surface area (Å²) in [4.78, 5) is 16.5. The third-order valence-electron chi connectivity index (χ3n) is 2.93. The lowest BCUT2D eigenvalue weighted by Crippen LogP contribution is -2.25. The molecule has 2 heterocycles. The van der Waals surface area contributed by atoms with E-state index in [9.17, 15) is 4.79 Å². The molecule has 1 aliphatic carbocycles. The molecular formula is C11H12ClN3O. The summed E-state index contributed by atoms with van der Waals surface area (Å²) in [7, 11) is 0. The highest BCUT2D eigenvalue weighted by atomic mass is 35.5. The van der Waals surface area contributed by atoms with Gasteiger partial charge in [0.05, 0.1) is 5.69 Å². The van der Waals surface area contributed by atoms with Crippen LogP contribution in [0.5, 0.6) is 0 Å². The Morgan fingerprint density at radius 3 is 3.00 bits per heavy atom. The van der Waals surface area contributed by atoms with E-state index in [0.717, 1.165) is 11.3 Å². The summed E-state index contributed by atoms with van der Waals surface area (Å²) in [6.45, 7) is 0.535. The molecule has 1 fully saturated rings. The van der Waals surface area contributed by atoms with Gasteiger partial charge in [0, 0.05) is 30.7 Å². The fraction of sp³-hybridized carbons (Fsp3) is 0.455. The van der Waals surface area contributed by atoms with Crippen molar-refractivity contribution in [2.75, 3.05) is 5.88 Å². The van der Waals surface area contributed by atoms with Gasteiger partial charge in [-0.3, -0.25) is 8.97 Å². The van der Waals surface area contributed by atoms with Crippen LogP contribution in [0.15, 0.2) is 23.3 Å². The molecule has 0 N–H and O–H groups in total. The van der Waals surface area contributed by atoms with Crippen molar-refractivity contribution in [1.82, 2.24) is 14.0 Å². The predicted molar refractivity (Wildman–Crippen MR) is 62.1 cm³/mol. The molecule has 0 atom stereocenters. The zero-order valence-corrected chi connectivity index (χ0v) is 9.52. The van der Waals surface area contributed by atoms with Crippen molar-refractivity contribution in [2.45, 2.75) is 25.3 Å². The standard InChI is InChI=1S/C11H12ClN3O/c12-4-6-14-5-3-10-13-9(8-1-2-8)7-15(10)11(14)16/h3,5,7-8H,1-2,4,6H2. The van der Waals surface area contributed by atoms with Crippen LogP contribution >= 0.6 is 11.6 Å². The summed E-state index contributed by atoms with van der Waals surface area (Å²) in [5.41, 5.74) is 1.72. The van der Waals surface area contributed by atoms with Gasteiger partial charge >= 0.3 is 5.69 Å². The van der Waals surface area contributed by atoms with E-state index in [1.54, 1.807) is 15.2 Å². The Morgan fingerprint density at radius 2 is 2.31 bits per heavy atom. The quantitative estimate of drug-likeness (QED) is 0.761. The zero-order chi connectivity index (χ0) is 11.1. The van der Waals surface area contributed by atoms with Crippen LogP contribution in [-0.2, 0) is 6.54 Å². The number of fused-ring (bicyclic) bond motifs is 1. The number of aromatic nitrogens is 3. The van der Waals surface area contributed by atoms with Crippen LogP contribution in [0.25, 0.3) is 5.65 Å². The molecule has 0 unspecified atom stereocenters. The van der Waals surface area contributed by atoms with Crippen LogP contribution in [0.4, 0.5) is 0 Å². The molecule has 16 heavy (non-hydrogen) atoms. The van der Waals surface area contributed by atoms with Gasteiger partial charge in [-0.25, -0.2) is 9.78 Å². The first kappa shape index (κ1) is 9.90. The number of aryl methyl sites for hydroxylation is 1. The lowest BCUT2D eigenvalue weighted by Gasteiger charge is -2.02. The van der Waals surface area contributed by atoms with Crippen molar-refractivity contribution in [3.8, 4) is 0 Å². The van der Waals surface area contributed by atoms with Crippen LogP contribution in [0.2, 0.25) is 0 Å². The first-order chi connectivity index (χ1) is 7.79. The summed E-state index contributed by atoms with van der Waals surface area (Å²) in [5.74, 6) is 1.01. The molecule has 1 aliphatic rings. The second-order valence-corrected chi connectivity index (χ2v) is 4.53. The van der Waals surface area contributed by atoms with Gasteiger partial charge in [0.25, 0.3) is 0 Å². The average Bonchev–Trinajstić information content (AvgIpc) is 3.03. The molecule has 5 heteroatoms.